The highest BCUT2D eigenvalue weighted by Gasteiger charge is 2.17. The molecule has 1 aliphatic heterocycles. The first kappa shape index (κ1) is 25.8. The molecule has 1 aromatic carbocycles. The van der Waals surface area contributed by atoms with E-state index in [1.165, 1.54) is 38.9 Å². The van der Waals surface area contributed by atoms with Gasteiger partial charge >= 0.3 is 0 Å². The number of aliphatic imine (C=N–C) groups is 1. The van der Waals surface area contributed by atoms with Gasteiger partial charge < -0.3 is 25.0 Å². The van der Waals surface area contributed by atoms with Crippen molar-refractivity contribution in [3.8, 4) is 11.5 Å². The Morgan fingerprint density at radius 1 is 1.21 bits per heavy atom. The molecule has 1 saturated heterocycles. The number of methoxy groups -OCH3 is 1. The summed E-state index contributed by atoms with van der Waals surface area (Å²) in [5.41, 5.74) is 0. The van der Waals surface area contributed by atoms with Crippen LogP contribution in [0.15, 0.2) is 29.3 Å². The summed E-state index contributed by atoms with van der Waals surface area (Å²) in [6, 6.07) is 7.68. The van der Waals surface area contributed by atoms with E-state index in [9.17, 15) is 0 Å². The van der Waals surface area contributed by atoms with Crippen LogP contribution in [0.4, 0.5) is 0 Å². The zero-order chi connectivity index (χ0) is 20.2. The number of halogens is 1. The van der Waals surface area contributed by atoms with Crippen LogP contribution >= 0.6 is 24.0 Å². The lowest BCUT2D eigenvalue weighted by molar-refractivity contribution is 0.187. The van der Waals surface area contributed by atoms with Crippen LogP contribution in [0, 0.1) is 5.92 Å². The molecule has 0 aromatic heterocycles. The molecule has 2 rings (SSSR count). The van der Waals surface area contributed by atoms with E-state index in [1.807, 2.05) is 31.2 Å². The van der Waals surface area contributed by atoms with Crippen molar-refractivity contribution in [2.75, 3.05) is 46.4 Å². The Labute approximate surface area is 193 Å². The van der Waals surface area contributed by atoms with Gasteiger partial charge in [-0.15, -0.1) is 24.0 Å². The molecule has 2 N–H and O–H groups in total. The van der Waals surface area contributed by atoms with Crippen molar-refractivity contribution in [2.45, 2.75) is 46.1 Å². The number of rotatable bonds is 10. The van der Waals surface area contributed by atoms with Gasteiger partial charge in [0.25, 0.3) is 0 Å². The van der Waals surface area contributed by atoms with Gasteiger partial charge in [0, 0.05) is 19.2 Å². The van der Waals surface area contributed by atoms with E-state index in [0.717, 1.165) is 36.5 Å². The summed E-state index contributed by atoms with van der Waals surface area (Å²) in [6.07, 6.45) is 3.82. The molecule has 166 valence electrons. The van der Waals surface area contributed by atoms with Gasteiger partial charge in [-0.05, 0) is 70.8 Å². The summed E-state index contributed by atoms with van der Waals surface area (Å²) in [5.74, 6) is 3.30. The van der Waals surface area contributed by atoms with Crippen molar-refractivity contribution in [2.24, 2.45) is 10.9 Å². The van der Waals surface area contributed by atoms with Crippen LogP contribution < -0.4 is 20.1 Å². The lowest BCUT2D eigenvalue weighted by Gasteiger charge is -2.31. The van der Waals surface area contributed by atoms with Crippen LogP contribution in [0.2, 0.25) is 0 Å². The lowest BCUT2D eigenvalue weighted by Crippen LogP contribution is -2.40. The Morgan fingerprint density at radius 2 is 1.93 bits per heavy atom. The minimum absolute atomic E-state index is 0. The molecule has 1 aliphatic rings. The molecule has 1 fully saturated rings. The Balaban J connectivity index is 0.00000420. The maximum atomic E-state index is 5.96. The molecule has 1 heterocycles. The second-order valence-corrected chi connectivity index (χ2v) is 7.42. The van der Waals surface area contributed by atoms with Crippen molar-refractivity contribution in [3.05, 3.63) is 24.3 Å². The third kappa shape index (κ3) is 9.89. The van der Waals surface area contributed by atoms with E-state index in [1.54, 1.807) is 7.11 Å². The van der Waals surface area contributed by atoms with Crippen molar-refractivity contribution < 1.29 is 9.47 Å². The van der Waals surface area contributed by atoms with Gasteiger partial charge in [-0.1, -0.05) is 13.0 Å². The first-order valence-corrected chi connectivity index (χ1v) is 10.7. The highest BCUT2D eigenvalue weighted by Crippen LogP contribution is 2.20. The van der Waals surface area contributed by atoms with Crippen LogP contribution in [0.1, 0.15) is 40.0 Å². The minimum atomic E-state index is -0.0130. The Hall–Kier alpha value is -1.22. The molecule has 1 aromatic rings. The SMILES string of the molecule is CCNC(=NCC(C)Oc1cccc(OC)c1)NCCC1CCN(CC)CC1.I. The summed E-state index contributed by atoms with van der Waals surface area (Å²) >= 11 is 0. The smallest absolute Gasteiger partial charge is 0.191 e. The molecule has 6 nitrogen and oxygen atoms in total. The Morgan fingerprint density at radius 3 is 2.59 bits per heavy atom. The molecular weight excluding hydrogens is 479 g/mol. The fraction of sp³-hybridized carbons (Fsp3) is 0.682. The first-order valence-electron chi connectivity index (χ1n) is 10.7. The van der Waals surface area contributed by atoms with E-state index in [-0.39, 0.29) is 30.1 Å². The molecule has 0 aliphatic carbocycles. The normalized spacial score (nSPS) is 16.6. The fourth-order valence-corrected chi connectivity index (χ4v) is 3.49. The van der Waals surface area contributed by atoms with Crippen LogP contribution in [-0.2, 0) is 0 Å². The number of guanidine groups is 1. The number of hydrogen-bond donors (Lipinski definition) is 2. The van der Waals surface area contributed by atoms with Gasteiger partial charge in [0.05, 0.1) is 13.7 Å². The largest absolute Gasteiger partial charge is 0.497 e. The topological polar surface area (TPSA) is 58.1 Å². The summed E-state index contributed by atoms with van der Waals surface area (Å²) < 4.78 is 11.2. The Bertz CT molecular complexity index is 592. The maximum Gasteiger partial charge on any atom is 0.191 e. The summed E-state index contributed by atoms with van der Waals surface area (Å²) in [4.78, 5) is 7.23. The summed E-state index contributed by atoms with van der Waals surface area (Å²) in [6.45, 7) is 12.5. The number of likely N-dealkylation sites (tertiary alicyclic amines) is 1. The van der Waals surface area contributed by atoms with Gasteiger partial charge in [0.15, 0.2) is 5.96 Å². The van der Waals surface area contributed by atoms with Crippen LogP contribution in [-0.4, -0.2) is 63.3 Å². The van der Waals surface area contributed by atoms with Crippen LogP contribution in [0.25, 0.3) is 0 Å². The zero-order valence-electron chi connectivity index (χ0n) is 18.4. The predicted octanol–water partition coefficient (Wildman–Crippen LogP) is 3.76. The molecule has 1 atom stereocenters. The first-order chi connectivity index (χ1) is 13.6. The highest BCUT2D eigenvalue weighted by molar-refractivity contribution is 14.0. The standard InChI is InChI=1S/C22H38N4O2.HI/c1-5-23-22(24-13-10-19-11-14-26(6-2)15-12-19)25-17-18(3)28-21-9-7-8-20(16-21)27-4;/h7-9,16,18-19H,5-6,10-15,17H2,1-4H3,(H2,23,24,25);1H. The number of benzene rings is 1. The molecular formula is C22H39IN4O2. The summed E-state index contributed by atoms with van der Waals surface area (Å²) in [7, 11) is 1.66. The van der Waals surface area contributed by atoms with Crippen molar-refractivity contribution >= 4 is 29.9 Å². The minimum Gasteiger partial charge on any atom is -0.497 e. The predicted molar refractivity (Wildman–Crippen MR) is 132 cm³/mol. The Kier molecular flexibility index (Phi) is 13.1. The van der Waals surface area contributed by atoms with Crippen molar-refractivity contribution in [1.29, 1.82) is 0 Å². The molecule has 0 spiro atoms. The van der Waals surface area contributed by atoms with Gasteiger partial charge in [-0.25, -0.2) is 4.99 Å². The fourth-order valence-electron chi connectivity index (χ4n) is 3.49. The molecule has 0 bridgehead atoms. The van der Waals surface area contributed by atoms with Gasteiger partial charge in [-0.3, -0.25) is 0 Å². The number of hydrogen-bond acceptors (Lipinski definition) is 4. The maximum absolute atomic E-state index is 5.96. The summed E-state index contributed by atoms with van der Waals surface area (Å²) in [5, 5.41) is 6.81. The lowest BCUT2D eigenvalue weighted by atomic mass is 9.93. The molecule has 7 heteroatoms. The third-order valence-electron chi connectivity index (χ3n) is 5.23. The second kappa shape index (κ2) is 14.7. The molecule has 1 unspecified atom stereocenters. The molecule has 29 heavy (non-hydrogen) atoms. The van der Waals surface area contributed by atoms with Crippen molar-refractivity contribution in [1.82, 2.24) is 15.5 Å². The molecule has 0 saturated carbocycles. The van der Waals surface area contributed by atoms with Crippen LogP contribution in [0.5, 0.6) is 11.5 Å². The van der Waals surface area contributed by atoms with Gasteiger partial charge in [0.2, 0.25) is 0 Å². The number of nitrogens with zero attached hydrogens (tertiary/aromatic N) is 2. The number of piperidine rings is 1. The zero-order valence-corrected chi connectivity index (χ0v) is 20.8. The number of ether oxygens (including phenoxy) is 2. The average Bonchev–Trinajstić information content (AvgIpc) is 2.72. The van der Waals surface area contributed by atoms with Crippen LogP contribution in [0.3, 0.4) is 0 Å². The monoisotopic (exact) mass is 518 g/mol. The van der Waals surface area contributed by atoms with E-state index in [2.05, 4.69) is 29.4 Å². The van der Waals surface area contributed by atoms with E-state index in [0.29, 0.717) is 6.54 Å². The average molecular weight is 518 g/mol. The quantitative estimate of drug-likeness (QED) is 0.281. The molecule has 0 amide bonds. The van der Waals surface area contributed by atoms with E-state index >= 15 is 0 Å². The van der Waals surface area contributed by atoms with Gasteiger partial charge in [0.1, 0.15) is 17.6 Å². The highest BCUT2D eigenvalue weighted by atomic mass is 127. The van der Waals surface area contributed by atoms with Gasteiger partial charge in [-0.2, -0.15) is 0 Å². The number of nitrogens with one attached hydrogen (secondary N) is 2. The van der Waals surface area contributed by atoms with E-state index in [4.69, 9.17) is 14.5 Å². The second-order valence-electron chi connectivity index (χ2n) is 7.42. The van der Waals surface area contributed by atoms with Crippen molar-refractivity contribution in [3.63, 3.8) is 0 Å². The molecule has 0 radical (unpaired) electrons. The van der Waals surface area contributed by atoms with E-state index < -0.39 is 0 Å². The third-order valence-corrected chi connectivity index (χ3v) is 5.23.